The first kappa shape index (κ1) is 12.8. The van der Waals surface area contributed by atoms with Gasteiger partial charge >= 0.3 is 6.36 Å². The number of nitriles is 1. The highest BCUT2D eigenvalue weighted by molar-refractivity contribution is 5.60. The highest BCUT2D eigenvalue weighted by atomic mass is 19.4. The molecule has 2 aromatic rings. The van der Waals surface area contributed by atoms with Gasteiger partial charge in [-0.2, -0.15) is 5.26 Å². The minimum Gasteiger partial charge on any atom is -0.406 e. The summed E-state index contributed by atoms with van der Waals surface area (Å²) < 4.78 is 39.7. The van der Waals surface area contributed by atoms with Crippen LogP contribution in [-0.2, 0) is 0 Å². The van der Waals surface area contributed by atoms with E-state index in [1.807, 2.05) is 6.07 Å². The molecule has 0 bridgehead atoms. The number of hydrogen-bond acceptors (Lipinski definition) is 4. The molecule has 7 heteroatoms. The van der Waals surface area contributed by atoms with Gasteiger partial charge in [0.1, 0.15) is 23.8 Å². The lowest BCUT2D eigenvalue weighted by atomic mass is 10.1. The van der Waals surface area contributed by atoms with Crippen LogP contribution >= 0.6 is 0 Å². The van der Waals surface area contributed by atoms with Gasteiger partial charge in [-0.1, -0.05) is 0 Å². The van der Waals surface area contributed by atoms with Gasteiger partial charge in [0.05, 0.1) is 5.69 Å². The molecule has 96 valence electrons. The van der Waals surface area contributed by atoms with Crippen molar-refractivity contribution in [1.29, 1.82) is 5.26 Å². The summed E-state index contributed by atoms with van der Waals surface area (Å²) in [4.78, 5) is 7.64. The first-order valence-corrected chi connectivity index (χ1v) is 5.06. The Morgan fingerprint density at radius 1 is 1.11 bits per heavy atom. The number of benzene rings is 1. The normalized spacial score (nSPS) is 10.8. The van der Waals surface area contributed by atoms with Gasteiger partial charge in [0.25, 0.3) is 0 Å². The average molecular weight is 265 g/mol. The van der Waals surface area contributed by atoms with Gasteiger partial charge in [0.2, 0.25) is 0 Å². The zero-order valence-electron chi connectivity index (χ0n) is 9.35. The van der Waals surface area contributed by atoms with Crippen molar-refractivity contribution in [2.45, 2.75) is 6.36 Å². The Hall–Kier alpha value is -2.62. The number of hydrogen-bond donors (Lipinski definition) is 0. The van der Waals surface area contributed by atoms with E-state index in [0.717, 1.165) is 0 Å². The summed E-state index contributed by atoms with van der Waals surface area (Å²) in [6.07, 6.45) is -3.50. The fraction of sp³-hybridized carbons (Fsp3) is 0.0833. The summed E-state index contributed by atoms with van der Waals surface area (Å²) in [5.41, 5.74) is 1.19. The molecule has 0 saturated heterocycles. The predicted molar refractivity (Wildman–Crippen MR) is 58.9 cm³/mol. The van der Waals surface area contributed by atoms with Gasteiger partial charge in [-0.15, -0.1) is 13.2 Å². The van der Waals surface area contributed by atoms with Crippen molar-refractivity contribution < 1.29 is 17.9 Å². The Morgan fingerprint density at radius 2 is 1.79 bits per heavy atom. The number of aromatic nitrogens is 2. The van der Waals surface area contributed by atoms with Crippen LogP contribution in [0.5, 0.6) is 5.75 Å². The van der Waals surface area contributed by atoms with Crippen molar-refractivity contribution in [2.24, 2.45) is 0 Å². The van der Waals surface area contributed by atoms with Crippen LogP contribution in [0.15, 0.2) is 36.7 Å². The molecule has 0 unspecified atom stereocenters. The third kappa shape index (κ3) is 3.42. The Bertz CT molecular complexity index is 617. The van der Waals surface area contributed by atoms with E-state index in [1.165, 1.54) is 36.7 Å². The Morgan fingerprint density at radius 3 is 2.37 bits per heavy atom. The van der Waals surface area contributed by atoms with E-state index in [4.69, 9.17) is 5.26 Å². The molecule has 0 saturated carbocycles. The highest BCUT2D eigenvalue weighted by Gasteiger charge is 2.30. The van der Waals surface area contributed by atoms with Crippen LogP contribution < -0.4 is 4.74 Å². The molecule has 0 fully saturated rings. The maximum Gasteiger partial charge on any atom is 0.573 e. The van der Waals surface area contributed by atoms with Gasteiger partial charge in [-0.3, -0.25) is 0 Å². The van der Waals surface area contributed by atoms with Crippen LogP contribution in [-0.4, -0.2) is 16.3 Å². The van der Waals surface area contributed by atoms with Crippen LogP contribution in [0.1, 0.15) is 5.69 Å². The largest absolute Gasteiger partial charge is 0.573 e. The van der Waals surface area contributed by atoms with E-state index in [9.17, 15) is 13.2 Å². The molecule has 19 heavy (non-hydrogen) atoms. The van der Waals surface area contributed by atoms with Crippen molar-refractivity contribution in [3.05, 3.63) is 42.4 Å². The standard InChI is InChI=1S/C12H6F3N3O/c13-12(14,15)19-10-3-1-8(2-4-10)11-5-9(6-16)17-7-18-11/h1-5,7H. The maximum atomic E-state index is 12.0. The fourth-order valence-corrected chi connectivity index (χ4v) is 1.40. The lowest BCUT2D eigenvalue weighted by molar-refractivity contribution is -0.274. The molecule has 2 rings (SSSR count). The Labute approximate surface area is 106 Å². The first-order chi connectivity index (χ1) is 8.98. The Balaban J connectivity index is 2.25. The SMILES string of the molecule is N#Cc1cc(-c2ccc(OC(F)(F)F)cc2)ncn1. The van der Waals surface area contributed by atoms with Crippen LogP contribution in [0.2, 0.25) is 0 Å². The smallest absolute Gasteiger partial charge is 0.406 e. The molecular formula is C12H6F3N3O. The van der Waals surface area contributed by atoms with Crippen molar-refractivity contribution >= 4 is 0 Å². The summed E-state index contributed by atoms with van der Waals surface area (Å²) in [5, 5.41) is 8.70. The summed E-state index contributed by atoms with van der Waals surface area (Å²) in [5.74, 6) is -0.314. The van der Waals surface area contributed by atoms with E-state index >= 15 is 0 Å². The number of alkyl halides is 3. The van der Waals surface area contributed by atoms with E-state index < -0.39 is 6.36 Å². The third-order valence-electron chi connectivity index (χ3n) is 2.17. The van der Waals surface area contributed by atoms with E-state index in [-0.39, 0.29) is 11.4 Å². The molecule has 0 amide bonds. The summed E-state index contributed by atoms with van der Waals surface area (Å²) in [7, 11) is 0. The highest BCUT2D eigenvalue weighted by Crippen LogP contribution is 2.25. The topological polar surface area (TPSA) is 58.8 Å². The molecule has 0 radical (unpaired) electrons. The second-order valence-electron chi connectivity index (χ2n) is 3.47. The minimum atomic E-state index is -4.72. The number of nitrogens with zero attached hydrogens (tertiary/aromatic N) is 3. The monoisotopic (exact) mass is 265 g/mol. The molecule has 0 atom stereocenters. The lowest BCUT2D eigenvalue weighted by Crippen LogP contribution is -2.16. The van der Waals surface area contributed by atoms with Gasteiger partial charge in [-0.05, 0) is 24.3 Å². The summed E-state index contributed by atoms with van der Waals surface area (Å²) >= 11 is 0. The molecule has 0 aliphatic rings. The van der Waals surface area contributed by atoms with Gasteiger partial charge in [0.15, 0.2) is 0 Å². The van der Waals surface area contributed by atoms with Gasteiger partial charge in [-0.25, -0.2) is 9.97 Å². The van der Waals surface area contributed by atoms with Crippen molar-refractivity contribution in [2.75, 3.05) is 0 Å². The van der Waals surface area contributed by atoms with Crippen molar-refractivity contribution in [3.63, 3.8) is 0 Å². The average Bonchev–Trinajstić information content (AvgIpc) is 2.38. The minimum absolute atomic E-state index is 0.181. The molecule has 0 aliphatic heterocycles. The van der Waals surface area contributed by atoms with E-state index in [0.29, 0.717) is 11.3 Å². The quantitative estimate of drug-likeness (QED) is 0.837. The second kappa shape index (κ2) is 4.94. The molecule has 1 aromatic heterocycles. The van der Waals surface area contributed by atoms with Crippen LogP contribution in [0, 0.1) is 11.3 Å². The number of rotatable bonds is 2. The maximum absolute atomic E-state index is 12.0. The fourth-order valence-electron chi connectivity index (χ4n) is 1.40. The number of ether oxygens (including phenoxy) is 1. The first-order valence-electron chi connectivity index (χ1n) is 5.06. The predicted octanol–water partition coefficient (Wildman–Crippen LogP) is 2.91. The molecule has 1 aromatic carbocycles. The van der Waals surface area contributed by atoms with E-state index in [2.05, 4.69) is 14.7 Å². The van der Waals surface area contributed by atoms with E-state index in [1.54, 1.807) is 0 Å². The molecular weight excluding hydrogens is 259 g/mol. The summed E-state index contributed by atoms with van der Waals surface area (Å²) in [6, 6.07) is 8.50. The molecule has 1 heterocycles. The number of halogens is 3. The summed E-state index contributed by atoms with van der Waals surface area (Å²) in [6.45, 7) is 0. The molecule has 0 N–H and O–H groups in total. The zero-order chi connectivity index (χ0) is 13.9. The van der Waals surface area contributed by atoms with Crippen LogP contribution in [0.25, 0.3) is 11.3 Å². The van der Waals surface area contributed by atoms with Crippen molar-refractivity contribution in [1.82, 2.24) is 9.97 Å². The Kier molecular flexibility index (Phi) is 3.33. The van der Waals surface area contributed by atoms with Crippen molar-refractivity contribution in [3.8, 4) is 23.1 Å². The zero-order valence-corrected chi connectivity index (χ0v) is 9.35. The molecule has 0 spiro atoms. The second-order valence-corrected chi connectivity index (χ2v) is 3.47. The lowest BCUT2D eigenvalue weighted by Gasteiger charge is -2.09. The van der Waals surface area contributed by atoms with Gasteiger partial charge in [0, 0.05) is 11.6 Å². The molecule has 0 aliphatic carbocycles. The van der Waals surface area contributed by atoms with Crippen LogP contribution in [0.4, 0.5) is 13.2 Å². The van der Waals surface area contributed by atoms with Crippen LogP contribution in [0.3, 0.4) is 0 Å². The third-order valence-corrected chi connectivity index (χ3v) is 2.17. The van der Waals surface area contributed by atoms with Gasteiger partial charge < -0.3 is 4.74 Å². The molecule has 4 nitrogen and oxygen atoms in total.